The molecule has 112 valence electrons. The zero-order valence-electron chi connectivity index (χ0n) is 12.8. The fourth-order valence-corrected chi connectivity index (χ4v) is 2.13. The van der Waals surface area contributed by atoms with Crippen molar-refractivity contribution in [3.63, 3.8) is 0 Å². The minimum absolute atomic E-state index is 0.0649. The van der Waals surface area contributed by atoms with Gasteiger partial charge in [0.05, 0.1) is 18.6 Å². The molecule has 1 rings (SSSR count). The highest BCUT2D eigenvalue weighted by Gasteiger charge is 2.22. The third-order valence-electron chi connectivity index (χ3n) is 3.04. The number of carbonyl (C=O) groups excluding carboxylic acids is 2. The number of aromatic amines is 1. The zero-order valence-corrected chi connectivity index (χ0v) is 12.8. The number of rotatable bonds is 6. The fourth-order valence-electron chi connectivity index (χ4n) is 2.13. The second-order valence-electron chi connectivity index (χ2n) is 4.68. The van der Waals surface area contributed by atoms with E-state index in [2.05, 4.69) is 4.98 Å². The summed E-state index contributed by atoms with van der Waals surface area (Å²) in [7, 11) is 3.63. The number of carbonyl (C=O) groups is 2. The molecule has 0 fully saturated rings. The summed E-state index contributed by atoms with van der Waals surface area (Å²) in [5.41, 5.74) is 1.86. The second kappa shape index (κ2) is 7.09. The summed E-state index contributed by atoms with van der Waals surface area (Å²) in [6, 6.07) is 0. The minimum atomic E-state index is -0.387. The van der Waals surface area contributed by atoms with Crippen LogP contribution < -0.4 is 0 Å². The molecule has 0 bridgehead atoms. The molecule has 0 aromatic carbocycles. The van der Waals surface area contributed by atoms with Crippen LogP contribution in [0.1, 0.15) is 35.5 Å². The standard InChI is InChI=1S/C14H23N3O3/c1-6-17(16(4)5)12(18)8-11-13(10(3)9-15-11)14(19)20-7-2/h9,15H,6-8H2,1-5H3. The maximum absolute atomic E-state index is 12.2. The first-order valence-electron chi connectivity index (χ1n) is 6.73. The third-order valence-corrected chi connectivity index (χ3v) is 3.04. The van der Waals surface area contributed by atoms with Crippen LogP contribution in [0.3, 0.4) is 0 Å². The van der Waals surface area contributed by atoms with Crippen molar-refractivity contribution in [2.45, 2.75) is 27.2 Å². The van der Waals surface area contributed by atoms with Crippen molar-refractivity contribution in [1.29, 1.82) is 0 Å². The molecule has 0 unspecified atom stereocenters. The van der Waals surface area contributed by atoms with E-state index in [1.165, 1.54) is 0 Å². The number of aromatic nitrogens is 1. The molecule has 1 aromatic rings. The average molecular weight is 281 g/mol. The lowest BCUT2D eigenvalue weighted by Crippen LogP contribution is -2.42. The van der Waals surface area contributed by atoms with Gasteiger partial charge in [0.1, 0.15) is 0 Å². The van der Waals surface area contributed by atoms with E-state index in [-0.39, 0.29) is 18.3 Å². The summed E-state index contributed by atoms with van der Waals surface area (Å²) in [4.78, 5) is 27.2. The van der Waals surface area contributed by atoms with Gasteiger partial charge < -0.3 is 9.72 Å². The van der Waals surface area contributed by atoms with E-state index in [1.54, 1.807) is 23.1 Å². The van der Waals surface area contributed by atoms with E-state index in [9.17, 15) is 9.59 Å². The average Bonchev–Trinajstić information content (AvgIpc) is 2.71. The van der Waals surface area contributed by atoms with Crippen molar-refractivity contribution in [2.75, 3.05) is 27.2 Å². The van der Waals surface area contributed by atoms with Gasteiger partial charge in [0.25, 0.3) is 0 Å². The third kappa shape index (κ3) is 3.60. The van der Waals surface area contributed by atoms with Gasteiger partial charge in [-0.2, -0.15) is 0 Å². The van der Waals surface area contributed by atoms with Crippen LogP contribution in [0.2, 0.25) is 0 Å². The van der Waals surface area contributed by atoms with E-state index >= 15 is 0 Å². The highest BCUT2D eigenvalue weighted by Crippen LogP contribution is 2.16. The molecule has 20 heavy (non-hydrogen) atoms. The van der Waals surface area contributed by atoms with Crippen LogP contribution >= 0.6 is 0 Å². The van der Waals surface area contributed by atoms with Crippen molar-refractivity contribution >= 4 is 11.9 Å². The lowest BCUT2D eigenvalue weighted by Gasteiger charge is -2.27. The Morgan fingerprint density at radius 3 is 2.45 bits per heavy atom. The largest absolute Gasteiger partial charge is 0.462 e. The Balaban J connectivity index is 2.93. The van der Waals surface area contributed by atoms with Gasteiger partial charge in [-0.25, -0.2) is 9.80 Å². The van der Waals surface area contributed by atoms with Crippen LogP contribution in [-0.4, -0.2) is 54.1 Å². The molecular weight excluding hydrogens is 258 g/mol. The van der Waals surface area contributed by atoms with E-state index < -0.39 is 0 Å². The van der Waals surface area contributed by atoms with Crippen LogP contribution in [-0.2, 0) is 16.0 Å². The van der Waals surface area contributed by atoms with Crippen molar-refractivity contribution in [3.8, 4) is 0 Å². The van der Waals surface area contributed by atoms with Crippen LogP contribution in [0.25, 0.3) is 0 Å². The maximum atomic E-state index is 12.2. The molecule has 0 atom stereocenters. The molecule has 0 aliphatic heterocycles. The number of esters is 1. The Hall–Kier alpha value is -1.82. The summed E-state index contributed by atoms with van der Waals surface area (Å²) in [6.07, 6.45) is 1.87. The molecule has 6 nitrogen and oxygen atoms in total. The Morgan fingerprint density at radius 2 is 1.95 bits per heavy atom. The number of hydrogen-bond acceptors (Lipinski definition) is 4. The minimum Gasteiger partial charge on any atom is -0.462 e. The van der Waals surface area contributed by atoms with Gasteiger partial charge in [0, 0.05) is 32.5 Å². The van der Waals surface area contributed by atoms with Gasteiger partial charge in [-0.05, 0) is 26.3 Å². The first-order valence-corrected chi connectivity index (χ1v) is 6.73. The molecular formula is C14H23N3O3. The van der Waals surface area contributed by atoms with Crippen LogP contribution in [0.5, 0.6) is 0 Å². The first-order chi connectivity index (χ1) is 9.42. The van der Waals surface area contributed by atoms with Crippen molar-refractivity contribution in [3.05, 3.63) is 23.0 Å². The number of aryl methyl sites for hydroxylation is 1. The SMILES string of the molecule is CCOC(=O)c1c(C)c[nH]c1CC(=O)N(CC)N(C)C. The number of hydrazine groups is 1. The molecule has 0 saturated carbocycles. The maximum Gasteiger partial charge on any atom is 0.340 e. The lowest BCUT2D eigenvalue weighted by molar-refractivity contribution is -0.143. The lowest BCUT2D eigenvalue weighted by atomic mass is 10.1. The number of amides is 1. The molecule has 0 aliphatic carbocycles. The summed E-state index contributed by atoms with van der Waals surface area (Å²) in [5.74, 6) is -0.452. The quantitative estimate of drug-likeness (QED) is 0.632. The van der Waals surface area contributed by atoms with Crippen LogP contribution in [0.4, 0.5) is 0 Å². The van der Waals surface area contributed by atoms with E-state index in [1.807, 2.05) is 27.9 Å². The van der Waals surface area contributed by atoms with Gasteiger partial charge in [-0.15, -0.1) is 0 Å². The molecule has 1 aromatic heterocycles. The Labute approximate surface area is 119 Å². The summed E-state index contributed by atoms with van der Waals surface area (Å²) < 4.78 is 5.03. The normalized spacial score (nSPS) is 10.7. The van der Waals surface area contributed by atoms with E-state index in [0.717, 1.165) is 5.56 Å². The number of H-pyrrole nitrogens is 1. The van der Waals surface area contributed by atoms with Gasteiger partial charge >= 0.3 is 5.97 Å². The van der Waals surface area contributed by atoms with Gasteiger partial charge in [0.2, 0.25) is 5.91 Å². The zero-order chi connectivity index (χ0) is 15.3. The Morgan fingerprint density at radius 1 is 1.30 bits per heavy atom. The molecule has 1 heterocycles. The first kappa shape index (κ1) is 16.2. The fraction of sp³-hybridized carbons (Fsp3) is 0.571. The van der Waals surface area contributed by atoms with Crippen molar-refractivity contribution in [1.82, 2.24) is 15.0 Å². The highest BCUT2D eigenvalue weighted by molar-refractivity contribution is 5.94. The second-order valence-corrected chi connectivity index (χ2v) is 4.68. The number of nitrogens with zero attached hydrogens (tertiary/aromatic N) is 2. The predicted molar refractivity (Wildman–Crippen MR) is 76.3 cm³/mol. The topological polar surface area (TPSA) is 65.6 Å². The van der Waals surface area contributed by atoms with E-state index in [0.29, 0.717) is 24.4 Å². The number of nitrogens with one attached hydrogen (secondary N) is 1. The van der Waals surface area contributed by atoms with Gasteiger partial charge in [-0.3, -0.25) is 9.80 Å². The summed E-state index contributed by atoms with van der Waals surface area (Å²) >= 11 is 0. The molecule has 1 N–H and O–H groups in total. The number of hydrogen-bond donors (Lipinski definition) is 1. The monoisotopic (exact) mass is 281 g/mol. The van der Waals surface area contributed by atoms with Crippen molar-refractivity contribution in [2.24, 2.45) is 0 Å². The summed E-state index contributed by atoms with van der Waals surface area (Å²) in [5, 5.41) is 3.35. The number of ether oxygens (including phenoxy) is 1. The Bertz CT molecular complexity index is 480. The Kier molecular flexibility index (Phi) is 5.76. The predicted octanol–water partition coefficient (Wildman–Crippen LogP) is 1.37. The molecule has 0 saturated heterocycles. The highest BCUT2D eigenvalue weighted by atomic mass is 16.5. The van der Waals surface area contributed by atoms with Crippen LogP contribution in [0, 0.1) is 6.92 Å². The summed E-state index contributed by atoms with van der Waals surface area (Å²) in [6.45, 7) is 6.38. The van der Waals surface area contributed by atoms with Gasteiger partial charge in [-0.1, -0.05) is 0 Å². The number of likely N-dealkylation sites (N-methyl/N-ethyl adjacent to an activating group) is 1. The molecule has 6 heteroatoms. The smallest absolute Gasteiger partial charge is 0.340 e. The molecule has 0 spiro atoms. The molecule has 0 radical (unpaired) electrons. The molecule has 0 aliphatic rings. The van der Waals surface area contributed by atoms with E-state index in [4.69, 9.17) is 4.74 Å². The molecule has 1 amide bonds. The van der Waals surface area contributed by atoms with Crippen LogP contribution in [0.15, 0.2) is 6.20 Å². The van der Waals surface area contributed by atoms with Gasteiger partial charge in [0.15, 0.2) is 0 Å². The van der Waals surface area contributed by atoms with Crippen molar-refractivity contribution < 1.29 is 14.3 Å².